The van der Waals surface area contributed by atoms with Crippen molar-refractivity contribution >= 4 is 15.9 Å². The van der Waals surface area contributed by atoms with E-state index in [1.807, 2.05) is 0 Å². The minimum Gasteiger partial charge on any atom is -0.271 e. The summed E-state index contributed by atoms with van der Waals surface area (Å²) in [6, 6.07) is 6.69. The molecule has 3 heteroatoms. The first kappa shape index (κ1) is 16.7. The molecule has 3 N–H and O–H groups in total. The highest BCUT2D eigenvalue weighted by molar-refractivity contribution is 9.10. The lowest BCUT2D eigenvalue weighted by Gasteiger charge is -2.24. The third kappa shape index (κ3) is 5.25. The number of aryl methyl sites for hydroxylation is 1. The molecule has 19 heavy (non-hydrogen) atoms. The van der Waals surface area contributed by atoms with E-state index in [0.29, 0.717) is 0 Å². The molecule has 1 rings (SSSR count). The topological polar surface area (TPSA) is 38.0 Å². The number of unbranched alkanes of at least 4 members (excludes halogenated alkanes) is 1. The van der Waals surface area contributed by atoms with Gasteiger partial charge in [0.25, 0.3) is 0 Å². The Balaban J connectivity index is 2.76. The number of rotatable bonds is 8. The quantitative estimate of drug-likeness (QED) is 0.528. The van der Waals surface area contributed by atoms with Gasteiger partial charge in [-0.3, -0.25) is 11.3 Å². The van der Waals surface area contributed by atoms with E-state index >= 15 is 0 Å². The monoisotopic (exact) mass is 326 g/mol. The number of benzene rings is 1. The third-order valence-electron chi connectivity index (χ3n) is 3.92. The van der Waals surface area contributed by atoms with Crippen molar-refractivity contribution in [1.82, 2.24) is 5.43 Å². The standard InChI is InChI=1S/C16H27BrN2/c1-4-6-7-13(5-2)11-16(19-18)15-9-8-14(17)10-12(15)3/h8-10,13,16,19H,4-7,11,18H2,1-3H3. The van der Waals surface area contributed by atoms with Crippen molar-refractivity contribution < 1.29 is 0 Å². The Morgan fingerprint density at radius 2 is 2.05 bits per heavy atom. The van der Waals surface area contributed by atoms with Gasteiger partial charge in [0, 0.05) is 10.5 Å². The van der Waals surface area contributed by atoms with Crippen molar-refractivity contribution in [3.63, 3.8) is 0 Å². The third-order valence-corrected chi connectivity index (χ3v) is 4.41. The molecule has 2 atom stereocenters. The van der Waals surface area contributed by atoms with Crippen LogP contribution in [0.2, 0.25) is 0 Å². The SMILES string of the molecule is CCCCC(CC)CC(NN)c1ccc(Br)cc1C. The lowest BCUT2D eigenvalue weighted by atomic mass is 9.88. The second-order valence-electron chi connectivity index (χ2n) is 5.37. The van der Waals surface area contributed by atoms with Crippen molar-refractivity contribution in [3.05, 3.63) is 33.8 Å². The highest BCUT2D eigenvalue weighted by Crippen LogP contribution is 2.29. The molecule has 0 aromatic heterocycles. The number of nitrogens with one attached hydrogen (secondary N) is 1. The van der Waals surface area contributed by atoms with Crippen LogP contribution < -0.4 is 11.3 Å². The molecule has 1 aromatic carbocycles. The molecule has 0 radical (unpaired) electrons. The number of halogens is 1. The van der Waals surface area contributed by atoms with Crippen molar-refractivity contribution in [1.29, 1.82) is 0 Å². The summed E-state index contributed by atoms with van der Waals surface area (Å²) in [5.74, 6) is 6.54. The van der Waals surface area contributed by atoms with E-state index in [4.69, 9.17) is 5.84 Å². The van der Waals surface area contributed by atoms with Crippen molar-refractivity contribution in [2.24, 2.45) is 11.8 Å². The van der Waals surface area contributed by atoms with E-state index in [9.17, 15) is 0 Å². The predicted molar refractivity (Wildman–Crippen MR) is 86.9 cm³/mol. The molecule has 108 valence electrons. The Hall–Kier alpha value is -0.380. The molecule has 0 bridgehead atoms. The second kappa shape index (κ2) is 8.72. The second-order valence-corrected chi connectivity index (χ2v) is 6.29. The first-order chi connectivity index (χ1) is 9.12. The van der Waals surface area contributed by atoms with Crippen LogP contribution in [-0.2, 0) is 0 Å². The van der Waals surface area contributed by atoms with Crippen LogP contribution in [0.15, 0.2) is 22.7 Å². The molecule has 0 aliphatic carbocycles. The number of nitrogens with two attached hydrogens (primary N) is 1. The van der Waals surface area contributed by atoms with Gasteiger partial charge in [-0.25, -0.2) is 0 Å². The smallest absolute Gasteiger partial charge is 0.0465 e. The molecule has 0 spiro atoms. The molecule has 0 aliphatic rings. The zero-order valence-corrected chi connectivity index (χ0v) is 14.0. The van der Waals surface area contributed by atoms with Gasteiger partial charge in [-0.05, 0) is 42.5 Å². The first-order valence-corrected chi connectivity index (χ1v) is 8.13. The molecule has 2 unspecified atom stereocenters. The average Bonchev–Trinajstić information content (AvgIpc) is 2.40. The van der Waals surface area contributed by atoms with Crippen molar-refractivity contribution in [2.75, 3.05) is 0 Å². The zero-order valence-electron chi connectivity index (χ0n) is 12.4. The number of hydrogen-bond donors (Lipinski definition) is 2. The molecular formula is C16H27BrN2. The van der Waals surface area contributed by atoms with Crippen molar-refractivity contribution in [3.8, 4) is 0 Å². The number of hydrogen-bond acceptors (Lipinski definition) is 2. The normalized spacial score (nSPS) is 14.4. The zero-order chi connectivity index (χ0) is 14.3. The molecule has 2 nitrogen and oxygen atoms in total. The summed E-state index contributed by atoms with van der Waals surface area (Å²) in [4.78, 5) is 0. The summed E-state index contributed by atoms with van der Waals surface area (Å²) in [5, 5.41) is 0. The molecule has 0 aliphatic heterocycles. The lowest BCUT2D eigenvalue weighted by molar-refractivity contribution is 0.355. The van der Waals surface area contributed by atoms with Gasteiger partial charge in [0.15, 0.2) is 0 Å². The molecule has 0 saturated heterocycles. The van der Waals surface area contributed by atoms with E-state index < -0.39 is 0 Å². The highest BCUT2D eigenvalue weighted by Gasteiger charge is 2.17. The van der Waals surface area contributed by atoms with Gasteiger partial charge in [-0.1, -0.05) is 61.5 Å². The molecule has 0 heterocycles. The number of hydrazine groups is 1. The molecule has 0 amide bonds. The van der Waals surface area contributed by atoms with Gasteiger partial charge in [0.05, 0.1) is 0 Å². The van der Waals surface area contributed by atoms with Crippen LogP contribution in [0.4, 0.5) is 0 Å². The molecule has 0 saturated carbocycles. The van der Waals surface area contributed by atoms with E-state index in [-0.39, 0.29) is 6.04 Å². The van der Waals surface area contributed by atoms with Gasteiger partial charge >= 0.3 is 0 Å². The van der Waals surface area contributed by atoms with E-state index in [0.717, 1.165) is 16.8 Å². The van der Waals surface area contributed by atoms with Crippen LogP contribution >= 0.6 is 15.9 Å². The molecule has 1 aromatic rings. The maximum atomic E-state index is 5.78. The average molecular weight is 327 g/mol. The van der Waals surface area contributed by atoms with Gasteiger partial charge in [-0.15, -0.1) is 0 Å². The summed E-state index contributed by atoms with van der Waals surface area (Å²) in [6.45, 7) is 6.68. The minimum absolute atomic E-state index is 0.259. The van der Waals surface area contributed by atoms with E-state index in [1.54, 1.807) is 0 Å². The van der Waals surface area contributed by atoms with Crippen LogP contribution in [0.3, 0.4) is 0 Å². The lowest BCUT2D eigenvalue weighted by Crippen LogP contribution is -2.30. The van der Waals surface area contributed by atoms with E-state index in [1.165, 1.54) is 36.8 Å². The van der Waals surface area contributed by atoms with Gasteiger partial charge in [-0.2, -0.15) is 0 Å². The fraction of sp³-hybridized carbons (Fsp3) is 0.625. The summed E-state index contributed by atoms with van der Waals surface area (Å²) in [6.07, 6.45) is 6.24. The minimum atomic E-state index is 0.259. The van der Waals surface area contributed by atoms with Gasteiger partial charge in [0.1, 0.15) is 0 Å². The Labute approximate surface area is 126 Å². The summed E-state index contributed by atoms with van der Waals surface area (Å²) < 4.78 is 1.13. The Morgan fingerprint density at radius 1 is 1.32 bits per heavy atom. The Bertz CT molecular complexity index is 379. The van der Waals surface area contributed by atoms with E-state index in [2.05, 4.69) is 60.3 Å². The van der Waals surface area contributed by atoms with Crippen LogP contribution in [0, 0.1) is 12.8 Å². The van der Waals surface area contributed by atoms with Crippen LogP contribution in [0.25, 0.3) is 0 Å². The maximum Gasteiger partial charge on any atom is 0.0465 e. The Morgan fingerprint density at radius 3 is 2.58 bits per heavy atom. The largest absolute Gasteiger partial charge is 0.271 e. The van der Waals surface area contributed by atoms with Crippen LogP contribution in [0.5, 0.6) is 0 Å². The van der Waals surface area contributed by atoms with Crippen LogP contribution in [0.1, 0.15) is 63.1 Å². The van der Waals surface area contributed by atoms with Gasteiger partial charge in [0.2, 0.25) is 0 Å². The first-order valence-electron chi connectivity index (χ1n) is 7.34. The highest BCUT2D eigenvalue weighted by atomic mass is 79.9. The summed E-state index contributed by atoms with van der Waals surface area (Å²) in [5.41, 5.74) is 5.62. The fourth-order valence-electron chi connectivity index (χ4n) is 2.63. The van der Waals surface area contributed by atoms with Gasteiger partial charge < -0.3 is 0 Å². The van der Waals surface area contributed by atoms with Crippen molar-refractivity contribution in [2.45, 2.75) is 58.9 Å². The van der Waals surface area contributed by atoms with Crippen LogP contribution in [-0.4, -0.2) is 0 Å². The fourth-order valence-corrected chi connectivity index (χ4v) is 3.11. The maximum absolute atomic E-state index is 5.78. The predicted octanol–water partition coefficient (Wildman–Crippen LogP) is 4.87. The Kier molecular flexibility index (Phi) is 7.66. The molecular weight excluding hydrogens is 300 g/mol. The summed E-state index contributed by atoms with van der Waals surface area (Å²) >= 11 is 3.51. The molecule has 0 fully saturated rings. The summed E-state index contributed by atoms with van der Waals surface area (Å²) in [7, 11) is 0.